The lowest BCUT2D eigenvalue weighted by Gasteiger charge is -2.03. The first kappa shape index (κ1) is 11.9. The molecular weight excluding hydrogens is 240 g/mol. The summed E-state index contributed by atoms with van der Waals surface area (Å²) in [7, 11) is 0. The molecule has 0 bridgehead atoms. The third-order valence-electron chi connectivity index (χ3n) is 3.00. The van der Waals surface area contributed by atoms with E-state index >= 15 is 0 Å². The van der Waals surface area contributed by atoms with Crippen LogP contribution in [-0.4, -0.2) is 16.9 Å². The smallest absolute Gasteiger partial charge is 0.307 e. The van der Waals surface area contributed by atoms with Gasteiger partial charge in [-0.15, -0.1) is 0 Å². The molecule has 0 aromatic heterocycles. The summed E-state index contributed by atoms with van der Waals surface area (Å²) in [6, 6.07) is 3.45. The Morgan fingerprint density at radius 1 is 1.29 bits per heavy atom. The molecule has 88 valence electrons. The molecule has 0 radical (unpaired) electrons. The summed E-state index contributed by atoms with van der Waals surface area (Å²) in [6.45, 7) is 3.63. The molecule has 1 aliphatic rings. The molecule has 0 saturated carbocycles. The summed E-state index contributed by atoms with van der Waals surface area (Å²) in [5, 5.41) is 9.31. The van der Waals surface area contributed by atoms with Gasteiger partial charge in [0.1, 0.15) is 0 Å². The van der Waals surface area contributed by atoms with Gasteiger partial charge in [-0.2, -0.15) is 0 Å². The summed E-state index contributed by atoms with van der Waals surface area (Å²) < 4.78 is 0. The van der Waals surface area contributed by atoms with Crippen LogP contribution in [0.2, 0.25) is 5.02 Å². The van der Waals surface area contributed by atoms with Gasteiger partial charge in [0.2, 0.25) is 0 Å². The lowest BCUT2D eigenvalue weighted by molar-refractivity contribution is -0.136. The maximum absolute atomic E-state index is 12.0. The number of carbonyl (C=O) groups is 2. The zero-order chi connectivity index (χ0) is 12.7. The van der Waals surface area contributed by atoms with Crippen LogP contribution in [0.5, 0.6) is 0 Å². The Morgan fingerprint density at radius 2 is 1.94 bits per heavy atom. The van der Waals surface area contributed by atoms with E-state index in [1.165, 1.54) is 0 Å². The summed E-state index contributed by atoms with van der Waals surface area (Å²) >= 11 is 5.97. The maximum atomic E-state index is 12.0. The van der Waals surface area contributed by atoms with E-state index in [4.69, 9.17) is 16.7 Å². The van der Waals surface area contributed by atoms with E-state index < -0.39 is 5.97 Å². The van der Waals surface area contributed by atoms with Gasteiger partial charge in [0.05, 0.1) is 6.42 Å². The number of halogens is 1. The normalized spacial score (nSPS) is 14.2. The molecule has 1 aromatic rings. The molecule has 0 aliphatic heterocycles. The number of carboxylic acids is 1. The average Bonchev–Trinajstić information content (AvgIpc) is 2.45. The van der Waals surface area contributed by atoms with E-state index in [9.17, 15) is 9.59 Å². The van der Waals surface area contributed by atoms with Crippen LogP contribution in [0.1, 0.15) is 34.8 Å². The average molecular weight is 251 g/mol. The number of hydrogen-bond acceptors (Lipinski definition) is 2. The standard InChI is InChI=1S/C13H11ClO3/c1-6-3-8-7(2)9(5-12(15)16)13(17)10(8)4-11(6)14/h3-4H,5H2,1-2H3,(H,15,16). The van der Waals surface area contributed by atoms with Crippen LogP contribution >= 0.6 is 11.6 Å². The summed E-state index contributed by atoms with van der Waals surface area (Å²) in [4.78, 5) is 22.7. The fraction of sp³-hybridized carbons (Fsp3) is 0.231. The Bertz CT molecular complexity index is 570. The highest BCUT2D eigenvalue weighted by Gasteiger charge is 2.29. The maximum Gasteiger partial charge on any atom is 0.307 e. The van der Waals surface area contributed by atoms with Gasteiger partial charge in [-0.25, -0.2) is 0 Å². The number of hydrogen-bond donors (Lipinski definition) is 1. The molecule has 0 heterocycles. The molecule has 1 aliphatic carbocycles. The highest BCUT2D eigenvalue weighted by molar-refractivity contribution is 6.32. The second-order valence-corrected chi connectivity index (χ2v) is 4.56. The monoisotopic (exact) mass is 250 g/mol. The number of aryl methyl sites for hydroxylation is 1. The van der Waals surface area contributed by atoms with Crippen molar-refractivity contribution in [3.63, 3.8) is 0 Å². The molecule has 17 heavy (non-hydrogen) atoms. The molecule has 0 spiro atoms. The Balaban J connectivity index is 2.57. The summed E-state index contributed by atoms with van der Waals surface area (Å²) in [5.74, 6) is -1.22. The van der Waals surface area contributed by atoms with Crippen molar-refractivity contribution in [3.05, 3.63) is 39.4 Å². The number of aliphatic carboxylic acids is 1. The van der Waals surface area contributed by atoms with Crippen LogP contribution in [0.3, 0.4) is 0 Å². The number of benzene rings is 1. The highest BCUT2D eigenvalue weighted by atomic mass is 35.5. The van der Waals surface area contributed by atoms with Crippen molar-refractivity contribution < 1.29 is 14.7 Å². The van der Waals surface area contributed by atoms with Gasteiger partial charge in [0.25, 0.3) is 0 Å². The number of Topliss-reactive ketones (excluding diaryl/α,β-unsaturated/α-hetero) is 1. The minimum atomic E-state index is -0.997. The summed E-state index contributed by atoms with van der Waals surface area (Å²) in [5.41, 5.74) is 3.29. The minimum Gasteiger partial charge on any atom is -0.481 e. The highest BCUT2D eigenvalue weighted by Crippen LogP contribution is 2.36. The molecule has 0 fully saturated rings. The third kappa shape index (κ3) is 1.87. The van der Waals surface area contributed by atoms with E-state index in [0.29, 0.717) is 16.2 Å². The van der Waals surface area contributed by atoms with Gasteiger partial charge in [0, 0.05) is 16.2 Å². The molecule has 0 saturated heterocycles. The Hall–Kier alpha value is -1.61. The van der Waals surface area contributed by atoms with E-state index in [1.54, 1.807) is 13.0 Å². The molecule has 4 heteroatoms. The number of allylic oxidation sites excluding steroid dienone is 1. The van der Waals surface area contributed by atoms with Crippen molar-refractivity contribution in [3.8, 4) is 0 Å². The van der Waals surface area contributed by atoms with Crippen LogP contribution in [0.4, 0.5) is 0 Å². The lowest BCUT2D eigenvalue weighted by atomic mass is 10.0. The second-order valence-electron chi connectivity index (χ2n) is 4.15. The zero-order valence-electron chi connectivity index (χ0n) is 9.50. The largest absolute Gasteiger partial charge is 0.481 e. The number of ketones is 1. The second kappa shape index (κ2) is 4.00. The van der Waals surface area contributed by atoms with Crippen molar-refractivity contribution in [2.45, 2.75) is 20.3 Å². The minimum absolute atomic E-state index is 0.221. The molecular formula is C13H11ClO3. The van der Waals surface area contributed by atoms with Crippen molar-refractivity contribution in [1.29, 1.82) is 0 Å². The molecule has 2 rings (SSSR count). The molecule has 0 amide bonds. The third-order valence-corrected chi connectivity index (χ3v) is 3.41. The van der Waals surface area contributed by atoms with E-state index in [1.807, 2.05) is 13.0 Å². The molecule has 0 atom stereocenters. The van der Waals surface area contributed by atoms with Crippen molar-refractivity contribution in [2.75, 3.05) is 0 Å². The first-order valence-corrected chi connectivity index (χ1v) is 5.56. The van der Waals surface area contributed by atoms with Crippen LogP contribution in [0.25, 0.3) is 5.57 Å². The van der Waals surface area contributed by atoms with Crippen LogP contribution < -0.4 is 0 Å². The Kier molecular flexibility index (Phi) is 2.79. The predicted molar refractivity (Wildman–Crippen MR) is 65.4 cm³/mol. The van der Waals surface area contributed by atoms with Crippen LogP contribution in [0.15, 0.2) is 17.7 Å². The van der Waals surface area contributed by atoms with Gasteiger partial charge < -0.3 is 5.11 Å². The van der Waals surface area contributed by atoms with Gasteiger partial charge >= 0.3 is 5.97 Å². The lowest BCUT2D eigenvalue weighted by Crippen LogP contribution is -2.04. The predicted octanol–water partition coefficient (Wildman–Crippen LogP) is 3.09. The fourth-order valence-corrected chi connectivity index (χ4v) is 2.20. The van der Waals surface area contributed by atoms with Crippen molar-refractivity contribution in [2.24, 2.45) is 0 Å². The zero-order valence-corrected chi connectivity index (χ0v) is 10.3. The topological polar surface area (TPSA) is 54.4 Å². The van der Waals surface area contributed by atoms with E-state index in [-0.39, 0.29) is 12.2 Å². The first-order chi connectivity index (χ1) is 7.91. The summed E-state index contributed by atoms with van der Waals surface area (Å²) in [6.07, 6.45) is -0.240. The number of rotatable bonds is 2. The molecule has 1 N–H and O–H groups in total. The fourth-order valence-electron chi connectivity index (χ4n) is 2.04. The molecule has 1 aromatic carbocycles. The first-order valence-electron chi connectivity index (χ1n) is 5.18. The Morgan fingerprint density at radius 3 is 2.53 bits per heavy atom. The van der Waals surface area contributed by atoms with Crippen molar-refractivity contribution >= 4 is 28.9 Å². The van der Waals surface area contributed by atoms with Crippen LogP contribution in [-0.2, 0) is 4.79 Å². The van der Waals surface area contributed by atoms with Crippen molar-refractivity contribution in [1.82, 2.24) is 0 Å². The number of fused-ring (bicyclic) bond motifs is 1. The number of carboxylic acid groups (broad SMARTS) is 1. The molecule has 0 unspecified atom stereocenters. The van der Waals surface area contributed by atoms with Gasteiger partial charge in [-0.1, -0.05) is 11.6 Å². The Labute approximate surface area is 104 Å². The van der Waals surface area contributed by atoms with E-state index in [2.05, 4.69) is 0 Å². The quantitative estimate of drug-likeness (QED) is 0.878. The van der Waals surface area contributed by atoms with Crippen LogP contribution in [0, 0.1) is 6.92 Å². The number of carbonyl (C=O) groups excluding carboxylic acids is 1. The van der Waals surface area contributed by atoms with Gasteiger partial charge in [-0.3, -0.25) is 9.59 Å². The van der Waals surface area contributed by atoms with Gasteiger partial charge in [-0.05, 0) is 42.7 Å². The van der Waals surface area contributed by atoms with Gasteiger partial charge in [0.15, 0.2) is 5.78 Å². The van der Waals surface area contributed by atoms with E-state index in [0.717, 1.165) is 16.7 Å². The molecule has 3 nitrogen and oxygen atoms in total. The SMILES string of the molecule is CC1=C(CC(=O)O)C(=O)c2cc(Cl)c(C)cc21.